The van der Waals surface area contributed by atoms with Gasteiger partial charge in [-0.2, -0.15) is 0 Å². The fourth-order valence-corrected chi connectivity index (χ4v) is 3.04. The third kappa shape index (κ3) is 3.02. The molecular formula is C18H23NO. The summed E-state index contributed by atoms with van der Waals surface area (Å²) < 4.78 is 5.41. The predicted octanol–water partition coefficient (Wildman–Crippen LogP) is 3.67. The third-order valence-corrected chi connectivity index (χ3v) is 4.34. The molecule has 1 heterocycles. The van der Waals surface area contributed by atoms with Crippen LogP contribution in [0.3, 0.4) is 0 Å². The smallest absolute Gasteiger partial charge is 0.0594 e. The summed E-state index contributed by atoms with van der Waals surface area (Å²) >= 11 is 0. The zero-order valence-corrected chi connectivity index (χ0v) is 12.2. The summed E-state index contributed by atoms with van der Waals surface area (Å²) in [5.41, 5.74) is 1.48. The highest BCUT2D eigenvalue weighted by Crippen LogP contribution is 2.27. The number of ether oxygens (including phenoxy) is 1. The Morgan fingerprint density at radius 2 is 1.80 bits per heavy atom. The molecule has 2 heteroatoms. The molecule has 0 aliphatic carbocycles. The molecule has 1 aliphatic heterocycles. The molecule has 0 aromatic heterocycles. The lowest BCUT2D eigenvalue weighted by Crippen LogP contribution is -2.37. The Hall–Kier alpha value is -1.38. The van der Waals surface area contributed by atoms with E-state index < -0.39 is 0 Å². The van der Waals surface area contributed by atoms with Gasteiger partial charge in [0.05, 0.1) is 13.2 Å². The number of rotatable bonds is 4. The van der Waals surface area contributed by atoms with E-state index in [2.05, 4.69) is 54.3 Å². The molecule has 0 amide bonds. The molecule has 1 fully saturated rings. The van der Waals surface area contributed by atoms with Crippen molar-refractivity contribution in [2.24, 2.45) is 0 Å². The van der Waals surface area contributed by atoms with E-state index in [0.29, 0.717) is 5.92 Å². The minimum absolute atomic E-state index is 0.601. The molecular weight excluding hydrogens is 246 g/mol. The molecule has 1 unspecified atom stereocenters. The van der Waals surface area contributed by atoms with Crippen LogP contribution in [0.2, 0.25) is 0 Å². The average Bonchev–Trinajstić information content (AvgIpc) is 2.53. The highest BCUT2D eigenvalue weighted by atomic mass is 16.5. The molecule has 0 spiro atoms. The molecule has 20 heavy (non-hydrogen) atoms. The van der Waals surface area contributed by atoms with Crippen LogP contribution in [-0.2, 0) is 4.74 Å². The summed E-state index contributed by atoms with van der Waals surface area (Å²) in [5.74, 6) is 0.601. The number of fused-ring (bicyclic) bond motifs is 1. The lowest BCUT2D eigenvalue weighted by molar-refractivity contribution is 0.0367. The van der Waals surface area contributed by atoms with Crippen molar-refractivity contribution in [2.75, 3.05) is 32.8 Å². The monoisotopic (exact) mass is 269 g/mol. The maximum Gasteiger partial charge on any atom is 0.0594 e. The minimum Gasteiger partial charge on any atom is -0.379 e. The van der Waals surface area contributed by atoms with E-state index in [-0.39, 0.29) is 0 Å². The Bertz CT molecular complexity index is 555. The van der Waals surface area contributed by atoms with Crippen LogP contribution in [0, 0.1) is 0 Å². The van der Waals surface area contributed by atoms with Crippen LogP contribution in [0.4, 0.5) is 0 Å². The number of nitrogens with zero attached hydrogens (tertiary/aromatic N) is 1. The normalized spacial score (nSPS) is 18.2. The second-order valence-electron chi connectivity index (χ2n) is 5.71. The molecule has 1 aliphatic rings. The van der Waals surface area contributed by atoms with E-state index in [1.165, 1.54) is 29.3 Å². The van der Waals surface area contributed by atoms with Crippen LogP contribution in [-0.4, -0.2) is 37.7 Å². The SMILES string of the molecule is CC(CCN1CCOCC1)c1cccc2ccccc12. The van der Waals surface area contributed by atoms with Crippen LogP contribution in [0.1, 0.15) is 24.8 Å². The van der Waals surface area contributed by atoms with E-state index in [0.717, 1.165) is 26.3 Å². The van der Waals surface area contributed by atoms with Crippen LogP contribution in [0.25, 0.3) is 10.8 Å². The zero-order chi connectivity index (χ0) is 13.8. The lowest BCUT2D eigenvalue weighted by Gasteiger charge is -2.27. The number of benzene rings is 2. The van der Waals surface area contributed by atoms with Crippen molar-refractivity contribution in [1.29, 1.82) is 0 Å². The number of hydrogen-bond acceptors (Lipinski definition) is 2. The van der Waals surface area contributed by atoms with E-state index in [9.17, 15) is 0 Å². The van der Waals surface area contributed by atoms with E-state index >= 15 is 0 Å². The van der Waals surface area contributed by atoms with E-state index in [1.54, 1.807) is 0 Å². The van der Waals surface area contributed by atoms with Gasteiger partial charge in [0.25, 0.3) is 0 Å². The van der Waals surface area contributed by atoms with Crippen molar-refractivity contribution in [2.45, 2.75) is 19.3 Å². The van der Waals surface area contributed by atoms with Gasteiger partial charge in [0.15, 0.2) is 0 Å². The van der Waals surface area contributed by atoms with Crippen molar-refractivity contribution < 1.29 is 4.74 Å². The quantitative estimate of drug-likeness (QED) is 0.840. The van der Waals surface area contributed by atoms with Crippen molar-refractivity contribution in [1.82, 2.24) is 4.90 Å². The highest BCUT2D eigenvalue weighted by Gasteiger charge is 2.14. The van der Waals surface area contributed by atoms with Gasteiger partial charge in [0.1, 0.15) is 0 Å². The molecule has 3 rings (SSSR count). The largest absolute Gasteiger partial charge is 0.379 e. The van der Waals surface area contributed by atoms with Gasteiger partial charge in [-0.05, 0) is 35.2 Å². The summed E-state index contributed by atoms with van der Waals surface area (Å²) in [5, 5.41) is 2.76. The standard InChI is InChI=1S/C18H23NO/c1-15(9-10-19-11-13-20-14-12-19)17-8-4-6-16-5-2-3-7-18(16)17/h2-8,15H,9-14H2,1H3. The van der Waals surface area contributed by atoms with Crippen LogP contribution < -0.4 is 0 Å². The minimum atomic E-state index is 0.601. The fraction of sp³-hybridized carbons (Fsp3) is 0.444. The maximum atomic E-state index is 5.41. The topological polar surface area (TPSA) is 12.5 Å². The van der Waals surface area contributed by atoms with Crippen LogP contribution in [0.15, 0.2) is 42.5 Å². The zero-order valence-electron chi connectivity index (χ0n) is 12.2. The summed E-state index contributed by atoms with van der Waals surface area (Å²) in [6.45, 7) is 7.48. The third-order valence-electron chi connectivity index (χ3n) is 4.34. The first-order valence-electron chi connectivity index (χ1n) is 7.62. The van der Waals surface area contributed by atoms with Gasteiger partial charge < -0.3 is 4.74 Å². The fourth-order valence-electron chi connectivity index (χ4n) is 3.04. The molecule has 1 saturated heterocycles. The predicted molar refractivity (Wildman–Crippen MR) is 84.2 cm³/mol. The van der Waals surface area contributed by atoms with Crippen LogP contribution in [0.5, 0.6) is 0 Å². The molecule has 1 atom stereocenters. The Balaban J connectivity index is 1.70. The van der Waals surface area contributed by atoms with Gasteiger partial charge in [-0.15, -0.1) is 0 Å². The molecule has 2 nitrogen and oxygen atoms in total. The summed E-state index contributed by atoms with van der Waals surface area (Å²) in [4.78, 5) is 2.52. The van der Waals surface area contributed by atoms with Crippen LogP contribution >= 0.6 is 0 Å². The Morgan fingerprint density at radius 1 is 1.05 bits per heavy atom. The second kappa shape index (κ2) is 6.38. The van der Waals surface area contributed by atoms with E-state index in [1.807, 2.05) is 0 Å². The molecule has 2 aromatic carbocycles. The van der Waals surface area contributed by atoms with Crippen molar-refractivity contribution in [3.05, 3.63) is 48.0 Å². The number of morpholine rings is 1. The lowest BCUT2D eigenvalue weighted by atomic mass is 9.92. The highest BCUT2D eigenvalue weighted by molar-refractivity contribution is 5.86. The van der Waals surface area contributed by atoms with Gasteiger partial charge in [-0.3, -0.25) is 4.90 Å². The van der Waals surface area contributed by atoms with Crippen molar-refractivity contribution in [3.8, 4) is 0 Å². The molecule has 0 saturated carbocycles. The number of hydrogen-bond donors (Lipinski definition) is 0. The second-order valence-corrected chi connectivity index (χ2v) is 5.71. The molecule has 106 valence electrons. The average molecular weight is 269 g/mol. The Kier molecular flexibility index (Phi) is 4.34. The molecule has 0 radical (unpaired) electrons. The first-order chi connectivity index (χ1) is 9.84. The van der Waals surface area contributed by atoms with E-state index in [4.69, 9.17) is 4.74 Å². The van der Waals surface area contributed by atoms with Gasteiger partial charge in [0.2, 0.25) is 0 Å². The molecule has 0 bridgehead atoms. The van der Waals surface area contributed by atoms with Gasteiger partial charge in [-0.1, -0.05) is 49.4 Å². The Morgan fingerprint density at radius 3 is 2.65 bits per heavy atom. The Labute approximate surface area is 121 Å². The molecule has 2 aromatic rings. The summed E-state index contributed by atoms with van der Waals surface area (Å²) in [6, 6.07) is 15.4. The van der Waals surface area contributed by atoms with Gasteiger partial charge in [0, 0.05) is 13.1 Å². The summed E-state index contributed by atoms with van der Waals surface area (Å²) in [7, 11) is 0. The first kappa shape index (κ1) is 13.6. The van der Waals surface area contributed by atoms with Gasteiger partial charge >= 0.3 is 0 Å². The van der Waals surface area contributed by atoms with Gasteiger partial charge in [-0.25, -0.2) is 0 Å². The molecule has 0 N–H and O–H groups in total. The maximum absolute atomic E-state index is 5.41. The van der Waals surface area contributed by atoms with Crippen molar-refractivity contribution >= 4 is 10.8 Å². The first-order valence-corrected chi connectivity index (χ1v) is 7.62. The summed E-state index contributed by atoms with van der Waals surface area (Å²) in [6.07, 6.45) is 1.22. The van der Waals surface area contributed by atoms with Crippen molar-refractivity contribution in [3.63, 3.8) is 0 Å².